The van der Waals surface area contributed by atoms with Crippen LogP contribution in [-0.2, 0) is 90.1 Å². The summed E-state index contributed by atoms with van der Waals surface area (Å²) in [7, 11) is -21.8. The van der Waals surface area contributed by atoms with Crippen LogP contribution in [0.2, 0.25) is 0 Å². The highest BCUT2D eigenvalue weighted by molar-refractivity contribution is 7.87. The van der Waals surface area contributed by atoms with Crippen LogP contribution in [0.1, 0.15) is 82.8 Å². The summed E-state index contributed by atoms with van der Waals surface area (Å²) in [5.41, 5.74) is 0.572. The van der Waals surface area contributed by atoms with Gasteiger partial charge in [0.2, 0.25) is 5.69 Å². The fourth-order valence-electron chi connectivity index (χ4n) is 10.7. The van der Waals surface area contributed by atoms with E-state index in [0.29, 0.717) is 70.4 Å². The number of carbonyl (C=O) groups is 3. The lowest BCUT2D eigenvalue weighted by atomic mass is 9.75. The van der Waals surface area contributed by atoms with Gasteiger partial charge in [-0.05, 0) is 98.3 Å². The number of benzene rings is 4. The van der Waals surface area contributed by atoms with Crippen LogP contribution in [0, 0.1) is 0 Å². The molecule has 4 aromatic carbocycles. The summed E-state index contributed by atoms with van der Waals surface area (Å²) in [6, 6.07) is 9.41. The molecule has 1 fully saturated rings. The molecule has 0 aliphatic carbocycles. The van der Waals surface area contributed by atoms with Crippen molar-refractivity contribution in [2.75, 3.05) is 51.2 Å². The van der Waals surface area contributed by atoms with Crippen molar-refractivity contribution in [1.29, 1.82) is 0 Å². The van der Waals surface area contributed by atoms with E-state index in [2.05, 4.69) is 0 Å². The minimum atomic E-state index is -5.08. The van der Waals surface area contributed by atoms with Crippen LogP contribution >= 0.6 is 0 Å². The van der Waals surface area contributed by atoms with Crippen molar-refractivity contribution in [3.05, 3.63) is 108 Å². The third-order valence-electron chi connectivity index (χ3n) is 14.5. The summed E-state index contributed by atoms with van der Waals surface area (Å²) in [6.45, 7) is 4.09. The van der Waals surface area contributed by atoms with Gasteiger partial charge in [-0.15, -0.1) is 5.06 Å². The van der Waals surface area contributed by atoms with E-state index >= 15 is 0 Å². The Morgan fingerprint density at radius 2 is 1.16 bits per heavy atom. The molecule has 0 saturated carbocycles. The molecule has 0 spiro atoms. The molecule has 29 heteroatoms. The summed E-state index contributed by atoms with van der Waals surface area (Å²) in [5.74, 6) is -2.64. The molecule has 0 radical (unpaired) electrons. The predicted molar refractivity (Wildman–Crippen MR) is 294 cm³/mol. The van der Waals surface area contributed by atoms with Gasteiger partial charge in [-0.3, -0.25) is 32.4 Å². The highest BCUT2D eigenvalue weighted by atomic mass is 32.2. The van der Waals surface area contributed by atoms with Crippen molar-refractivity contribution < 1.29 is 98.1 Å². The molecule has 5 N–H and O–H groups in total. The van der Waals surface area contributed by atoms with Gasteiger partial charge in [0.05, 0.1) is 21.0 Å². The number of hydrogen-bond donors (Lipinski definition) is 5. The van der Waals surface area contributed by atoms with E-state index in [1.165, 1.54) is 32.4 Å². The minimum Gasteiger partial charge on any atom is -0.385 e. The van der Waals surface area contributed by atoms with Crippen LogP contribution in [0.25, 0.3) is 21.5 Å². The molecule has 0 bridgehead atoms. The van der Waals surface area contributed by atoms with Gasteiger partial charge in [-0.1, -0.05) is 42.9 Å². The molecule has 2 unspecified atom stereocenters. The maximum Gasteiger partial charge on any atom is 0.333 e. The van der Waals surface area contributed by atoms with E-state index < -0.39 is 105 Å². The van der Waals surface area contributed by atoms with E-state index in [1.807, 2.05) is 11.8 Å². The number of carbonyl (C=O) groups excluding carboxylic acids is 3. The summed E-state index contributed by atoms with van der Waals surface area (Å²) in [6.07, 6.45) is 13.0. The number of hydrogen-bond acceptors (Lipinski definition) is 17. The molecule has 0 aromatic heterocycles. The summed E-state index contributed by atoms with van der Waals surface area (Å²) in [4.78, 5) is 40.4. The Morgan fingerprint density at radius 3 is 1.70 bits per heavy atom. The molecule has 81 heavy (non-hydrogen) atoms. The number of methoxy groups -OCH3 is 2. The SMILES string of the molecule is COCCC1(C)C(/C=C/C=C/C=C/C=C2/N(CCCCCC(=O)ON3C(=O)CCC3=O)c3ccc4c(S(=O)(=O)O)cc(S(=O)(=O)O)cc4c3C2(C)CCOC)=[N+](CCCS(=O)(=O)O)c2ccc3c(S(=O)(=O)O)cc(S(=O)(=O)O)cc3c21. The predicted octanol–water partition coefficient (Wildman–Crippen LogP) is 6.19. The summed E-state index contributed by atoms with van der Waals surface area (Å²) < 4.78 is 188. The van der Waals surface area contributed by atoms with Crippen molar-refractivity contribution in [2.24, 2.45) is 0 Å². The van der Waals surface area contributed by atoms with Crippen molar-refractivity contribution >= 4 is 107 Å². The first kappa shape index (κ1) is 62.5. The number of imide groups is 1. The van der Waals surface area contributed by atoms with Gasteiger partial charge in [0.15, 0.2) is 5.71 Å². The lowest BCUT2D eigenvalue weighted by Crippen LogP contribution is -2.33. The Kier molecular flexibility index (Phi) is 18.5. The third kappa shape index (κ3) is 13.6. The summed E-state index contributed by atoms with van der Waals surface area (Å²) in [5, 5.41) is 0.475. The first-order chi connectivity index (χ1) is 37.8. The van der Waals surface area contributed by atoms with Gasteiger partial charge in [0, 0.05) is 105 Å². The van der Waals surface area contributed by atoms with Gasteiger partial charge in [-0.2, -0.15) is 46.7 Å². The molecule has 7 rings (SSSR count). The maximum atomic E-state index is 12.8. The number of amides is 2. The normalized spacial score (nSPS) is 19.7. The van der Waals surface area contributed by atoms with Crippen LogP contribution < -0.4 is 4.90 Å². The van der Waals surface area contributed by atoms with Gasteiger partial charge in [0.25, 0.3) is 62.4 Å². The summed E-state index contributed by atoms with van der Waals surface area (Å²) >= 11 is 0. The van der Waals surface area contributed by atoms with Crippen LogP contribution in [0.3, 0.4) is 0 Å². The molecule has 2 amide bonds. The van der Waals surface area contributed by atoms with E-state index in [1.54, 1.807) is 60.1 Å². The second-order valence-electron chi connectivity index (χ2n) is 19.9. The monoisotopic (exact) mass is 1220 g/mol. The highest BCUT2D eigenvalue weighted by Crippen LogP contribution is 2.54. The number of allylic oxidation sites excluding steroid dienone is 8. The first-order valence-electron chi connectivity index (χ1n) is 25.0. The van der Waals surface area contributed by atoms with Crippen molar-refractivity contribution in [3.63, 3.8) is 0 Å². The number of rotatable bonds is 25. The Labute approximate surface area is 468 Å². The van der Waals surface area contributed by atoms with Crippen molar-refractivity contribution in [2.45, 2.75) is 102 Å². The quantitative estimate of drug-likeness (QED) is 0.0162. The highest BCUT2D eigenvalue weighted by Gasteiger charge is 2.49. The Balaban J connectivity index is 1.29. The second kappa shape index (κ2) is 24.0. The van der Waals surface area contributed by atoms with E-state index in [9.17, 15) is 79.2 Å². The Morgan fingerprint density at radius 1 is 0.630 bits per heavy atom. The number of nitrogens with zero attached hydrogens (tertiary/aromatic N) is 3. The third-order valence-corrected chi connectivity index (χ3v) is 18.7. The number of unbranched alkanes of at least 4 members (excludes halogenated alkanes) is 2. The van der Waals surface area contributed by atoms with Crippen LogP contribution in [-0.4, -0.2) is 144 Å². The largest absolute Gasteiger partial charge is 0.385 e. The van der Waals surface area contributed by atoms with Gasteiger partial charge in [-0.25, -0.2) is 4.79 Å². The smallest absolute Gasteiger partial charge is 0.333 e. The lowest BCUT2D eigenvalue weighted by Gasteiger charge is -2.30. The van der Waals surface area contributed by atoms with Crippen LogP contribution in [0.5, 0.6) is 0 Å². The molecular formula is C52H60N3O21S5+. The number of fused-ring (bicyclic) bond motifs is 6. The fourth-order valence-corrected chi connectivity index (χ4v) is 13.9. The fraction of sp³-hybridized carbons (Fsp3) is 0.385. The number of ether oxygens (including phenoxy) is 2. The van der Waals surface area contributed by atoms with E-state index in [4.69, 9.17) is 14.3 Å². The molecule has 4 aromatic rings. The molecule has 2 atom stereocenters. The minimum absolute atomic E-state index is 0.0270. The number of anilines is 1. The van der Waals surface area contributed by atoms with E-state index in [0.717, 1.165) is 12.1 Å². The van der Waals surface area contributed by atoms with Gasteiger partial charge >= 0.3 is 5.97 Å². The number of hydroxylamine groups is 2. The maximum absolute atomic E-state index is 12.8. The standard InChI is InChI=1S/C52H59N3O21S5/c1-51(23-27-74-3)44(53(25-12-8-11-16-48(58)76-55-46(56)21-22-47(55)57)40-19-17-36-38(49(40)51)30-34(78(62,63)64)32-42(36)80(68,69)70)14-9-6-5-7-10-15-45-52(2,24-28-75-4)50-39-31-35(79(65,66)67)33-43(81(71,72)73)37(39)18-20-41(50)54(45)26-13-29-77(59,60)61/h5-7,9-10,14-15,17-20,30-33H,8,11-13,16,21-29H2,1-4H3,(H4-,59,60,61,62,63,64,65,66,67,68,69,70,71,72,73)/p+1. The molecule has 3 aliphatic rings. The molecule has 3 heterocycles. The second-order valence-corrected chi connectivity index (χ2v) is 27.1. The topological polar surface area (TPSA) is 360 Å². The zero-order valence-electron chi connectivity index (χ0n) is 44.2. The van der Waals surface area contributed by atoms with Crippen LogP contribution in [0.15, 0.2) is 116 Å². The average molecular weight is 1220 g/mol. The molecule has 24 nitrogen and oxygen atoms in total. The zero-order chi connectivity index (χ0) is 59.7. The Bertz CT molecular complexity index is 3970. The first-order valence-corrected chi connectivity index (χ1v) is 32.4. The molecule has 3 aliphatic heterocycles. The Hall–Kier alpha value is -6.09. The zero-order valence-corrected chi connectivity index (χ0v) is 48.3. The van der Waals surface area contributed by atoms with E-state index in [-0.39, 0.29) is 86.4 Å². The van der Waals surface area contributed by atoms with Crippen molar-refractivity contribution in [3.8, 4) is 0 Å². The van der Waals surface area contributed by atoms with Crippen molar-refractivity contribution in [1.82, 2.24) is 5.06 Å². The molecule has 438 valence electrons. The molecule has 1 saturated heterocycles. The average Bonchev–Trinajstić information content (AvgIpc) is 3.46. The molecular weight excluding hydrogens is 1160 g/mol. The van der Waals surface area contributed by atoms with Gasteiger partial charge < -0.3 is 19.2 Å². The van der Waals surface area contributed by atoms with Crippen LogP contribution in [0.4, 0.5) is 11.4 Å². The lowest BCUT2D eigenvalue weighted by molar-refractivity contribution is -0.437. The van der Waals surface area contributed by atoms with Gasteiger partial charge in [0.1, 0.15) is 16.3 Å².